The second kappa shape index (κ2) is 7.16. The van der Waals surface area contributed by atoms with E-state index in [1.165, 1.54) is 12.1 Å². The summed E-state index contributed by atoms with van der Waals surface area (Å²) in [4.78, 5) is 0. The number of allylic oxidation sites excluding steroid dienone is 1. The van der Waals surface area contributed by atoms with Crippen molar-refractivity contribution in [1.29, 1.82) is 0 Å². The number of fused-ring (bicyclic) bond motifs is 1. The topological polar surface area (TPSA) is 28.7 Å². The molecule has 4 aromatic rings. The van der Waals surface area contributed by atoms with Crippen molar-refractivity contribution in [3.05, 3.63) is 101 Å². The number of nitrogens with zero attached hydrogens (tertiary/aromatic N) is 1. The maximum Gasteiger partial charge on any atom is 0.130 e. The average molecular weight is 360 g/mol. The zero-order valence-corrected chi connectivity index (χ0v) is 14.8. The van der Waals surface area contributed by atoms with Crippen LogP contribution in [0.2, 0.25) is 0 Å². The van der Waals surface area contributed by atoms with Crippen LogP contribution in [0, 0.1) is 11.6 Å². The van der Waals surface area contributed by atoms with E-state index in [4.69, 9.17) is 0 Å². The number of aromatic nitrogens is 2. The molecule has 0 radical (unpaired) electrons. The van der Waals surface area contributed by atoms with E-state index in [1.54, 1.807) is 6.20 Å². The first-order valence-electron chi connectivity index (χ1n) is 8.85. The van der Waals surface area contributed by atoms with Gasteiger partial charge in [-0.2, -0.15) is 5.10 Å². The molecule has 0 fully saturated rings. The van der Waals surface area contributed by atoms with Crippen LogP contribution in [-0.2, 0) is 0 Å². The number of halogens is 2. The van der Waals surface area contributed by atoms with Gasteiger partial charge in [0.15, 0.2) is 0 Å². The molecule has 3 aromatic carbocycles. The molecule has 134 valence electrons. The van der Waals surface area contributed by atoms with Crippen molar-refractivity contribution in [3.8, 4) is 0 Å². The third-order valence-corrected chi connectivity index (χ3v) is 4.70. The van der Waals surface area contributed by atoms with E-state index in [9.17, 15) is 8.78 Å². The van der Waals surface area contributed by atoms with Crippen LogP contribution in [0.5, 0.6) is 0 Å². The summed E-state index contributed by atoms with van der Waals surface area (Å²) in [6.07, 6.45) is 2.32. The minimum atomic E-state index is -0.449. The lowest BCUT2D eigenvalue weighted by Crippen LogP contribution is -1.98. The van der Waals surface area contributed by atoms with Gasteiger partial charge in [0.1, 0.15) is 11.6 Å². The highest BCUT2D eigenvalue weighted by Crippen LogP contribution is 2.36. The van der Waals surface area contributed by atoms with Crippen molar-refractivity contribution in [3.63, 3.8) is 0 Å². The first-order chi connectivity index (χ1) is 13.2. The van der Waals surface area contributed by atoms with Crippen molar-refractivity contribution in [1.82, 2.24) is 10.2 Å². The molecule has 2 nitrogen and oxygen atoms in total. The third kappa shape index (κ3) is 3.26. The summed E-state index contributed by atoms with van der Waals surface area (Å²) in [6.45, 7) is 1.96. The van der Waals surface area contributed by atoms with Crippen LogP contribution in [0.4, 0.5) is 8.78 Å². The van der Waals surface area contributed by atoms with Gasteiger partial charge in [0.05, 0.1) is 11.7 Å². The number of hydrogen-bond acceptors (Lipinski definition) is 1. The van der Waals surface area contributed by atoms with E-state index in [0.717, 1.165) is 39.2 Å². The molecule has 0 saturated carbocycles. The Bertz CT molecular complexity index is 1130. The SMILES string of the molecule is CC/C(=C(/c1ccccc1)c1ccc2[nH]ncc2c1)c1cc(F)ccc1F. The third-order valence-electron chi connectivity index (χ3n) is 4.70. The molecule has 0 aliphatic rings. The Hall–Kier alpha value is -3.27. The van der Waals surface area contributed by atoms with Gasteiger partial charge in [0.25, 0.3) is 0 Å². The summed E-state index contributed by atoms with van der Waals surface area (Å²) in [7, 11) is 0. The molecule has 0 spiro atoms. The van der Waals surface area contributed by atoms with E-state index in [1.807, 2.05) is 55.5 Å². The van der Waals surface area contributed by atoms with E-state index < -0.39 is 11.6 Å². The van der Waals surface area contributed by atoms with E-state index in [0.29, 0.717) is 12.0 Å². The molecule has 0 atom stereocenters. The minimum Gasteiger partial charge on any atom is -0.278 e. The highest BCUT2D eigenvalue weighted by molar-refractivity contribution is 6.00. The standard InChI is InChI=1S/C23H18F2N2/c1-2-19(20-13-18(24)9-10-21(20)25)23(15-6-4-3-5-7-15)16-8-11-22-17(12-16)14-26-27-22/h3-14H,2H2,1H3,(H,26,27)/b23-19+. The molecule has 27 heavy (non-hydrogen) atoms. The lowest BCUT2D eigenvalue weighted by Gasteiger charge is -2.17. The fourth-order valence-corrected chi connectivity index (χ4v) is 3.45. The molecule has 0 unspecified atom stereocenters. The Kier molecular flexibility index (Phi) is 4.55. The molecule has 0 saturated heterocycles. The van der Waals surface area contributed by atoms with Gasteiger partial charge in [-0.3, -0.25) is 5.10 Å². The predicted molar refractivity (Wildman–Crippen MR) is 105 cm³/mol. The number of rotatable bonds is 4. The second-order valence-corrected chi connectivity index (χ2v) is 6.37. The largest absolute Gasteiger partial charge is 0.278 e. The first kappa shape index (κ1) is 17.2. The Morgan fingerprint density at radius 2 is 1.74 bits per heavy atom. The van der Waals surface area contributed by atoms with Gasteiger partial charge in [-0.15, -0.1) is 0 Å². The molecule has 0 bridgehead atoms. The lowest BCUT2D eigenvalue weighted by atomic mass is 9.87. The van der Waals surface area contributed by atoms with E-state index in [2.05, 4.69) is 10.2 Å². The van der Waals surface area contributed by atoms with Crippen LogP contribution in [0.3, 0.4) is 0 Å². The van der Waals surface area contributed by atoms with Crippen LogP contribution in [-0.4, -0.2) is 10.2 Å². The summed E-state index contributed by atoms with van der Waals surface area (Å²) in [6, 6.07) is 19.4. The van der Waals surface area contributed by atoms with E-state index in [-0.39, 0.29) is 0 Å². The number of benzene rings is 3. The van der Waals surface area contributed by atoms with Crippen LogP contribution >= 0.6 is 0 Å². The lowest BCUT2D eigenvalue weighted by molar-refractivity contribution is 0.596. The maximum atomic E-state index is 14.6. The summed E-state index contributed by atoms with van der Waals surface area (Å²) in [5.74, 6) is -0.874. The fraction of sp³-hybridized carbons (Fsp3) is 0.0870. The molecule has 4 rings (SSSR count). The van der Waals surface area contributed by atoms with Crippen molar-refractivity contribution >= 4 is 22.0 Å². The van der Waals surface area contributed by atoms with E-state index >= 15 is 0 Å². The molecular weight excluding hydrogens is 342 g/mol. The minimum absolute atomic E-state index is 0.295. The molecular formula is C23H18F2N2. The van der Waals surface area contributed by atoms with Gasteiger partial charge < -0.3 is 0 Å². The summed E-state index contributed by atoms with van der Waals surface area (Å²) >= 11 is 0. The normalized spacial score (nSPS) is 12.3. The van der Waals surface area contributed by atoms with Crippen LogP contribution in [0.15, 0.2) is 72.9 Å². The number of hydrogen-bond donors (Lipinski definition) is 1. The molecule has 4 heteroatoms. The van der Waals surface area contributed by atoms with Gasteiger partial charge >= 0.3 is 0 Å². The molecule has 0 aliphatic carbocycles. The number of nitrogens with one attached hydrogen (secondary N) is 1. The van der Waals surface area contributed by atoms with Crippen molar-refractivity contribution in [2.75, 3.05) is 0 Å². The number of H-pyrrole nitrogens is 1. The van der Waals surface area contributed by atoms with Gasteiger partial charge in [-0.05, 0) is 59.0 Å². The maximum absolute atomic E-state index is 14.6. The van der Waals surface area contributed by atoms with Crippen molar-refractivity contribution in [2.24, 2.45) is 0 Å². The number of aromatic amines is 1. The summed E-state index contributed by atoms with van der Waals surface area (Å²) in [5.41, 5.74) is 4.79. The quantitative estimate of drug-likeness (QED) is 0.431. The monoisotopic (exact) mass is 360 g/mol. The Morgan fingerprint density at radius 3 is 2.52 bits per heavy atom. The van der Waals surface area contributed by atoms with Gasteiger partial charge in [0, 0.05) is 10.9 Å². The zero-order valence-electron chi connectivity index (χ0n) is 14.8. The zero-order chi connectivity index (χ0) is 18.8. The first-order valence-corrected chi connectivity index (χ1v) is 8.85. The van der Waals surface area contributed by atoms with Crippen LogP contribution < -0.4 is 0 Å². The smallest absolute Gasteiger partial charge is 0.130 e. The van der Waals surface area contributed by atoms with Crippen LogP contribution in [0.1, 0.15) is 30.0 Å². The van der Waals surface area contributed by atoms with Crippen molar-refractivity contribution in [2.45, 2.75) is 13.3 Å². The molecule has 1 N–H and O–H groups in total. The average Bonchev–Trinajstić information content (AvgIpc) is 3.16. The molecule has 1 aromatic heterocycles. The molecule has 1 heterocycles. The second-order valence-electron chi connectivity index (χ2n) is 6.37. The van der Waals surface area contributed by atoms with Gasteiger partial charge in [0.2, 0.25) is 0 Å². The predicted octanol–water partition coefficient (Wildman–Crippen LogP) is 6.21. The Labute approximate surface area is 156 Å². The highest BCUT2D eigenvalue weighted by atomic mass is 19.1. The van der Waals surface area contributed by atoms with Crippen molar-refractivity contribution < 1.29 is 8.78 Å². The Balaban J connectivity index is 2.04. The van der Waals surface area contributed by atoms with Gasteiger partial charge in [-0.25, -0.2) is 8.78 Å². The highest BCUT2D eigenvalue weighted by Gasteiger charge is 2.17. The summed E-state index contributed by atoms with van der Waals surface area (Å²) < 4.78 is 28.5. The van der Waals surface area contributed by atoms with Crippen LogP contribution in [0.25, 0.3) is 22.0 Å². The Morgan fingerprint density at radius 1 is 0.926 bits per heavy atom. The fourth-order valence-electron chi connectivity index (χ4n) is 3.45. The molecule has 0 amide bonds. The van der Waals surface area contributed by atoms with Gasteiger partial charge in [-0.1, -0.05) is 43.3 Å². The summed E-state index contributed by atoms with van der Waals surface area (Å²) in [5, 5.41) is 7.98. The molecule has 0 aliphatic heterocycles.